The molecular weight excluding hydrogens is 294 g/mol. The molecule has 20 heavy (non-hydrogen) atoms. The van der Waals surface area contributed by atoms with Crippen LogP contribution in [-0.2, 0) is 17.8 Å². The first-order valence-corrected chi connectivity index (χ1v) is 7.67. The average Bonchev–Trinajstić information content (AvgIpc) is 2.88. The Labute approximate surface area is 126 Å². The van der Waals surface area contributed by atoms with Crippen LogP contribution in [0.25, 0.3) is 0 Å². The average molecular weight is 307 g/mol. The van der Waals surface area contributed by atoms with Crippen LogP contribution in [0.15, 0.2) is 35.7 Å². The minimum atomic E-state index is -1.10. The van der Waals surface area contributed by atoms with E-state index in [1.807, 2.05) is 4.90 Å². The van der Waals surface area contributed by atoms with Gasteiger partial charge in [-0.3, -0.25) is 4.90 Å². The second kappa shape index (κ2) is 5.56. The highest BCUT2D eigenvalue weighted by molar-refractivity contribution is 7.10. The summed E-state index contributed by atoms with van der Waals surface area (Å²) in [5.41, 5.74) is 1.81. The van der Waals surface area contributed by atoms with E-state index in [1.165, 1.54) is 10.4 Å². The zero-order valence-electron chi connectivity index (χ0n) is 10.7. The zero-order valence-corrected chi connectivity index (χ0v) is 12.3. The SMILES string of the molecule is O=C([O-])[C@H](c1ccccc1Cl)N1CCc2sccc2C1. The van der Waals surface area contributed by atoms with Crippen molar-refractivity contribution in [2.45, 2.75) is 19.0 Å². The van der Waals surface area contributed by atoms with E-state index in [0.717, 1.165) is 6.42 Å². The lowest BCUT2D eigenvalue weighted by atomic mass is 10.0. The molecule has 2 heterocycles. The third-order valence-electron chi connectivity index (χ3n) is 3.63. The summed E-state index contributed by atoms with van der Waals surface area (Å²) in [6.07, 6.45) is 0.876. The molecule has 0 radical (unpaired) electrons. The van der Waals surface area contributed by atoms with Crippen molar-refractivity contribution in [2.75, 3.05) is 6.54 Å². The van der Waals surface area contributed by atoms with Crippen molar-refractivity contribution in [3.05, 3.63) is 56.7 Å². The number of nitrogens with zero attached hydrogens (tertiary/aromatic N) is 1. The number of hydrogen-bond acceptors (Lipinski definition) is 4. The Balaban J connectivity index is 1.93. The highest BCUT2D eigenvalue weighted by Crippen LogP contribution is 2.32. The quantitative estimate of drug-likeness (QED) is 0.873. The summed E-state index contributed by atoms with van der Waals surface area (Å²) in [5, 5.41) is 14.1. The summed E-state index contributed by atoms with van der Waals surface area (Å²) in [5.74, 6) is -1.10. The lowest BCUT2D eigenvalue weighted by Gasteiger charge is -2.35. The fourth-order valence-corrected chi connectivity index (χ4v) is 3.79. The van der Waals surface area contributed by atoms with Gasteiger partial charge in [-0.2, -0.15) is 0 Å². The first-order chi connectivity index (χ1) is 9.66. The van der Waals surface area contributed by atoms with Crippen LogP contribution in [0.2, 0.25) is 5.02 Å². The van der Waals surface area contributed by atoms with Crippen LogP contribution >= 0.6 is 22.9 Å². The first kappa shape index (κ1) is 13.6. The fourth-order valence-electron chi connectivity index (χ4n) is 2.66. The van der Waals surface area contributed by atoms with E-state index in [9.17, 15) is 9.90 Å². The van der Waals surface area contributed by atoms with Crippen LogP contribution < -0.4 is 5.11 Å². The zero-order chi connectivity index (χ0) is 14.1. The Kier molecular flexibility index (Phi) is 3.78. The molecule has 1 aromatic heterocycles. The summed E-state index contributed by atoms with van der Waals surface area (Å²) in [7, 11) is 0. The van der Waals surface area contributed by atoms with Crippen LogP contribution in [0, 0.1) is 0 Å². The topological polar surface area (TPSA) is 43.4 Å². The van der Waals surface area contributed by atoms with Crippen molar-refractivity contribution < 1.29 is 9.90 Å². The maximum absolute atomic E-state index is 11.6. The molecule has 5 heteroatoms. The van der Waals surface area contributed by atoms with Gasteiger partial charge in [-0.05, 0) is 35.1 Å². The normalized spacial score (nSPS) is 16.6. The van der Waals surface area contributed by atoms with Gasteiger partial charge >= 0.3 is 0 Å². The largest absolute Gasteiger partial charge is 0.548 e. The third kappa shape index (κ3) is 2.46. The summed E-state index contributed by atoms with van der Waals surface area (Å²) in [6, 6.07) is 8.34. The van der Waals surface area contributed by atoms with Gasteiger partial charge in [0.25, 0.3) is 0 Å². The van der Waals surface area contributed by atoms with Gasteiger partial charge in [-0.1, -0.05) is 29.8 Å². The molecule has 2 aromatic rings. The number of aliphatic carboxylic acids is 1. The molecule has 3 rings (SSSR count). The number of thiophene rings is 1. The van der Waals surface area contributed by atoms with Gasteiger partial charge in [0.1, 0.15) is 0 Å². The van der Waals surface area contributed by atoms with Crippen LogP contribution in [0.4, 0.5) is 0 Å². The Morgan fingerprint density at radius 1 is 1.35 bits per heavy atom. The molecule has 0 saturated heterocycles. The molecule has 1 atom stereocenters. The summed E-state index contributed by atoms with van der Waals surface area (Å²) >= 11 is 7.88. The number of fused-ring (bicyclic) bond motifs is 1. The molecule has 1 aliphatic heterocycles. The predicted octanol–water partition coefficient (Wildman–Crippen LogP) is 2.25. The van der Waals surface area contributed by atoms with E-state index >= 15 is 0 Å². The number of halogens is 1. The lowest BCUT2D eigenvalue weighted by molar-refractivity contribution is -0.312. The monoisotopic (exact) mass is 306 g/mol. The number of hydrogen-bond donors (Lipinski definition) is 0. The van der Waals surface area contributed by atoms with Gasteiger partial charge in [-0.25, -0.2) is 0 Å². The highest BCUT2D eigenvalue weighted by atomic mass is 35.5. The molecule has 0 bridgehead atoms. The molecule has 0 N–H and O–H groups in total. The third-order valence-corrected chi connectivity index (χ3v) is 4.99. The first-order valence-electron chi connectivity index (χ1n) is 6.41. The van der Waals surface area contributed by atoms with Crippen LogP contribution in [-0.4, -0.2) is 17.4 Å². The number of rotatable bonds is 3. The summed E-state index contributed by atoms with van der Waals surface area (Å²) in [6.45, 7) is 1.33. The van der Waals surface area contributed by atoms with Crippen molar-refractivity contribution in [1.29, 1.82) is 0 Å². The van der Waals surface area contributed by atoms with Crippen molar-refractivity contribution in [3.8, 4) is 0 Å². The number of carbonyl (C=O) groups is 1. The van der Waals surface area contributed by atoms with Gasteiger partial charge in [0.15, 0.2) is 0 Å². The van der Waals surface area contributed by atoms with Gasteiger partial charge in [0.05, 0.1) is 12.0 Å². The minimum absolute atomic E-state index is 0.470. The number of benzene rings is 1. The Morgan fingerprint density at radius 3 is 2.90 bits per heavy atom. The van der Waals surface area contributed by atoms with E-state index in [-0.39, 0.29) is 0 Å². The highest BCUT2D eigenvalue weighted by Gasteiger charge is 2.27. The summed E-state index contributed by atoms with van der Waals surface area (Å²) < 4.78 is 0. The smallest absolute Gasteiger partial charge is 0.0766 e. The van der Waals surface area contributed by atoms with Crippen molar-refractivity contribution in [2.24, 2.45) is 0 Å². The Morgan fingerprint density at radius 2 is 2.15 bits per heavy atom. The van der Waals surface area contributed by atoms with Crippen LogP contribution in [0.1, 0.15) is 22.0 Å². The molecule has 0 unspecified atom stereocenters. The Hall–Kier alpha value is -1.36. The van der Waals surface area contributed by atoms with E-state index in [0.29, 0.717) is 23.7 Å². The maximum Gasteiger partial charge on any atom is 0.0766 e. The van der Waals surface area contributed by atoms with Crippen molar-refractivity contribution in [1.82, 2.24) is 4.90 Å². The van der Waals surface area contributed by atoms with Crippen molar-refractivity contribution >= 4 is 28.9 Å². The minimum Gasteiger partial charge on any atom is -0.548 e. The molecule has 0 aliphatic carbocycles. The Bertz CT molecular complexity index is 640. The second-order valence-corrected chi connectivity index (χ2v) is 6.24. The number of carboxylic acid groups (broad SMARTS) is 1. The van der Waals surface area contributed by atoms with Gasteiger partial charge < -0.3 is 9.90 Å². The molecule has 0 spiro atoms. The molecule has 1 aromatic carbocycles. The number of carboxylic acids is 1. The van der Waals surface area contributed by atoms with Crippen molar-refractivity contribution in [3.63, 3.8) is 0 Å². The lowest BCUT2D eigenvalue weighted by Crippen LogP contribution is -2.43. The van der Waals surface area contributed by atoms with Crippen LogP contribution in [0.5, 0.6) is 0 Å². The molecule has 0 saturated carbocycles. The molecular formula is C15H13ClNO2S-. The second-order valence-electron chi connectivity index (χ2n) is 4.83. The molecule has 3 nitrogen and oxygen atoms in total. The van der Waals surface area contributed by atoms with E-state index < -0.39 is 12.0 Å². The fraction of sp³-hybridized carbons (Fsp3) is 0.267. The van der Waals surface area contributed by atoms with Gasteiger partial charge in [0.2, 0.25) is 0 Å². The number of carbonyl (C=O) groups excluding carboxylic acids is 1. The molecule has 1 aliphatic rings. The van der Waals surface area contributed by atoms with Gasteiger partial charge in [0, 0.05) is 23.0 Å². The maximum atomic E-state index is 11.6. The molecule has 0 amide bonds. The van der Waals surface area contributed by atoms with E-state index in [4.69, 9.17) is 11.6 Å². The van der Waals surface area contributed by atoms with Gasteiger partial charge in [-0.15, -0.1) is 11.3 Å². The van der Waals surface area contributed by atoms with E-state index in [2.05, 4.69) is 11.4 Å². The molecule has 0 fully saturated rings. The summed E-state index contributed by atoms with van der Waals surface area (Å²) in [4.78, 5) is 14.9. The standard InChI is InChI=1S/C15H14ClNO2S/c16-12-4-2-1-3-11(12)14(15(18)19)17-7-5-13-10(9-17)6-8-20-13/h1-4,6,8,14H,5,7,9H2,(H,18,19)/p-1/t14-/m0/s1. The predicted molar refractivity (Wildman–Crippen MR) is 77.6 cm³/mol. The van der Waals surface area contributed by atoms with E-state index in [1.54, 1.807) is 35.6 Å². The van der Waals surface area contributed by atoms with Crippen LogP contribution in [0.3, 0.4) is 0 Å². The molecule has 104 valence electrons.